The third-order valence-electron chi connectivity index (χ3n) is 3.42. The lowest BCUT2D eigenvalue weighted by Crippen LogP contribution is -2.05. The predicted octanol–water partition coefficient (Wildman–Crippen LogP) is 2.76. The summed E-state index contributed by atoms with van der Waals surface area (Å²) < 4.78 is 1.91. The molecule has 0 saturated heterocycles. The molecule has 0 unspecified atom stereocenters. The largest absolute Gasteiger partial charge is 0.316 e. The average molecular weight is 266 g/mol. The predicted molar refractivity (Wildman–Crippen MR) is 81.1 cm³/mol. The average Bonchev–Trinajstić information content (AvgIpc) is 2.77. The van der Waals surface area contributed by atoms with E-state index in [0.29, 0.717) is 0 Å². The molecule has 0 spiro atoms. The highest BCUT2D eigenvalue weighted by molar-refractivity contribution is 5.80. The molecular formula is C16H18N4. The van der Waals surface area contributed by atoms with Crippen molar-refractivity contribution in [3.63, 3.8) is 0 Å². The summed E-state index contributed by atoms with van der Waals surface area (Å²) in [5.41, 5.74) is 5.37. The molecule has 0 aliphatic rings. The van der Waals surface area contributed by atoms with Gasteiger partial charge in [0.15, 0.2) is 5.65 Å². The Hall–Kier alpha value is -2.20. The molecule has 2 heterocycles. The number of hydrogen-bond acceptors (Lipinski definition) is 3. The van der Waals surface area contributed by atoms with E-state index in [0.717, 1.165) is 29.0 Å². The first-order valence-electron chi connectivity index (χ1n) is 6.75. The monoisotopic (exact) mass is 266 g/mol. The van der Waals surface area contributed by atoms with Crippen molar-refractivity contribution in [3.8, 4) is 5.69 Å². The van der Waals surface area contributed by atoms with Crippen LogP contribution in [0.5, 0.6) is 0 Å². The Bertz CT molecular complexity index is 741. The van der Waals surface area contributed by atoms with Gasteiger partial charge in [-0.05, 0) is 44.7 Å². The molecule has 3 aromatic rings. The van der Waals surface area contributed by atoms with Gasteiger partial charge in [-0.1, -0.05) is 17.7 Å². The molecule has 1 aromatic carbocycles. The molecule has 0 amide bonds. The van der Waals surface area contributed by atoms with Crippen LogP contribution < -0.4 is 5.32 Å². The standard InChI is InChI=1S/C16H18N4/c1-11-4-6-14(7-5-11)20-16-15(12(2)19-20)8-13(9-17-3)10-18-16/h4-8,10,17H,9H2,1-3H3. The fraction of sp³-hybridized carbons (Fsp3) is 0.250. The van der Waals surface area contributed by atoms with E-state index < -0.39 is 0 Å². The van der Waals surface area contributed by atoms with Gasteiger partial charge in [-0.15, -0.1) is 0 Å². The summed E-state index contributed by atoms with van der Waals surface area (Å²) in [6.07, 6.45) is 1.91. The van der Waals surface area contributed by atoms with Crippen LogP contribution in [0, 0.1) is 13.8 Å². The van der Waals surface area contributed by atoms with Crippen molar-refractivity contribution in [2.75, 3.05) is 7.05 Å². The highest BCUT2D eigenvalue weighted by atomic mass is 15.3. The normalized spacial score (nSPS) is 11.2. The highest BCUT2D eigenvalue weighted by Crippen LogP contribution is 2.21. The van der Waals surface area contributed by atoms with Crippen molar-refractivity contribution in [2.24, 2.45) is 0 Å². The van der Waals surface area contributed by atoms with Crippen LogP contribution in [-0.2, 0) is 6.54 Å². The molecule has 4 nitrogen and oxygen atoms in total. The van der Waals surface area contributed by atoms with Gasteiger partial charge in [0.25, 0.3) is 0 Å². The molecule has 0 aliphatic carbocycles. The molecule has 3 rings (SSSR count). The van der Waals surface area contributed by atoms with Gasteiger partial charge >= 0.3 is 0 Å². The van der Waals surface area contributed by atoms with Gasteiger partial charge < -0.3 is 5.32 Å². The molecule has 4 heteroatoms. The maximum Gasteiger partial charge on any atom is 0.163 e. The fourth-order valence-electron chi connectivity index (χ4n) is 2.35. The van der Waals surface area contributed by atoms with Gasteiger partial charge in [-0.25, -0.2) is 9.67 Å². The number of hydrogen-bond donors (Lipinski definition) is 1. The van der Waals surface area contributed by atoms with E-state index in [2.05, 4.69) is 52.7 Å². The number of benzene rings is 1. The molecule has 1 N–H and O–H groups in total. The molecule has 0 aliphatic heterocycles. The van der Waals surface area contributed by atoms with Crippen LogP contribution in [0.25, 0.3) is 16.7 Å². The van der Waals surface area contributed by atoms with E-state index in [1.165, 1.54) is 11.1 Å². The Balaban J connectivity index is 2.15. The minimum Gasteiger partial charge on any atom is -0.316 e. The third kappa shape index (κ3) is 2.18. The summed E-state index contributed by atoms with van der Waals surface area (Å²) >= 11 is 0. The summed E-state index contributed by atoms with van der Waals surface area (Å²) in [6, 6.07) is 10.5. The van der Waals surface area contributed by atoms with E-state index >= 15 is 0 Å². The van der Waals surface area contributed by atoms with Crippen molar-refractivity contribution in [2.45, 2.75) is 20.4 Å². The SMILES string of the molecule is CNCc1cnc2c(c1)c(C)nn2-c1ccc(C)cc1. The lowest BCUT2D eigenvalue weighted by molar-refractivity contribution is 0.814. The second kappa shape index (κ2) is 5.06. The zero-order valence-corrected chi connectivity index (χ0v) is 12.0. The lowest BCUT2D eigenvalue weighted by atomic mass is 10.2. The number of aryl methyl sites for hydroxylation is 2. The van der Waals surface area contributed by atoms with E-state index in [1.807, 2.05) is 24.9 Å². The van der Waals surface area contributed by atoms with Crippen molar-refractivity contribution < 1.29 is 0 Å². The second-order valence-corrected chi connectivity index (χ2v) is 5.08. The fourth-order valence-corrected chi connectivity index (χ4v) is 2.35. The zero-order valence-electron chi connectivity index (χ0n) is 12.0. The first-order chi connectivity index (χ1) is 9.69. The molecular weight excluding hydrogens is 248 g/mol. The molecule has 102 valence electrons. The van der Waals surface area contributed by atoms with Gasteiger partial charge in [0.2, 0.25) is 0 Å². The third-order valence-corrected chi connectivity index (χ3v) is 3.42. The Morgan fingerprint density at radius 1 is 1.15 bits per heavy atom. The maximum absolute atomic E-state index is 4.62. The number of aromatic nitrogens is 3. The summed E-state index contributed by atoms with van der Waals surface area (Å²) in [4.78, 5) is 4.58. The van der Waals surface area contributed by atoms with E-state index in [9.17, 15) is 0 Å². The Kier molecular flexibility index (Phi) is 3.24. The number of fused-ring (bicyclic) bond motifs is 1. The maximum atomic E-state index is 4.62. The van der Waals surface area contributed by atoms with Crippen LogP contribution in [-0.4, -0.2) is 21.8 Å². The number of rotatable bonds is 3. The van der Waals surface area contributed by atoms with Crippen molar-refractivity contribution in [1.29, 1.82) is 0 Å². The number of nitrogens with zero attached hydrogens (tertiary/aromatic N) is 3. The topological polar surface area (TPSA) is 42.7 Å². The number of pyridine rings is 1. The first-order valence-corrected chi connectivity index (χ1v) is 6.75. The smallest absolute Gasteiger partial charge is 0.163 e. The van der Waals surface area contributed by atoms with Gasteiger partial charge in [0.1, 0.15) is 0 Å². The summed E-state index contributed by atoms with van der Waals surface area (Å²) in [5.74, 6) is 0. The summed E-state index contributed by atoms with van der Waals surface area (Å²) in [7, 11) is 1.94. The van der Waals surface area contributed by atoms with Crippen molar-refractivity contribution >= 4 is 11.0 Å². The van der Waals surface area contributed by atoms with Crippen LogP contribution in [0.4, 0.5) is 0 Å². The van der Waals surface area contributed by atoms with Gasteiger partial charge in [0.05, 0.1) is 11.4 Å². The van der Waals surface area contributed by atoms with E-state index in [4.69, 9.17) is 0 Å². The molecule has 0 radical (unpaired) electrons. The lowest BCUT2D eigenvalue weighted by Gasteiger charge is -2.04. The second-order valence-electron chi connectivity index (χ2n) is 5.08. The Morgan fingerprint density at radius 3 is 2.60 bits per heavy atom. The minimum atomic E-state index is 0.818. The van der Waals surface area contributed by atoms with Crippen LogP contribution in [0.3, 0.4) is 0 Å². The van der Waals surface area contributed by atoms with Crippen LogP contribution >= 0.6 is 0 Å². The first kappa shape index (κ1) is 12.8. The Morgan fingerprint density at radius 2 is 1.90 bits per heavy atom. The van der Waals surface area contributed by atoms with E-state index in [1.54, 1.807) is 0 Å². The molecule has 0 saturated carbocycles. The van der Waals surface area contributed by atoms with Crippen molar-refractivity contribution in [3.05, 3.63) is 53.3 Å². The Labute approximate surface area is 118 Å². The van der Waals surface area contributed by atoms with Gasteiger partial charge in [-0.3, -0.25) is 0 Å². The van der Waals surface area contributed by atoms with Crippen LogP contribution in [0.2, 0.25) is 0 Å². The highest BCUT2D eigenvalue weighted by Gasteiger charge is 2.10. The molecule has 0 fully saturated rings. The molecule has 0 bridgehead atoms. The van der Waals surface area contributed by atoms with Crippen LogP contribution in [0.1, 0.15) is 16.8 Å². The zero-order chi connectivity index (χ0) is 14.1. The van der Waals surface area contributed by atoms with E-state index in [-0.39, 0.29) is 0 Å². The van der Waals surface area contributed by atoms with Crippen molar-refractivity contribution in [1.82, 2.24) is 20.1 Å². The van der Waals surface area contributed by atoms with Crippen LogP contribution in [0.15, 0.2) is 36.5 Å². The molecule has 0 atom stereocenters. The quantitative estimate of drug-likeness (QED) is 0.792. The van der Waals surface area contributed by atoms with Gasteiger partial charge in [-0.2, -0.15) is 5.10 Å². The molecule has 20 heavy (non-hydrogen) atoms. The minimum absolute atomic E-state index is 0.818. The summed E-state index contributed by atoms with van der Waals surface area (Å²) in [5, 5.41) is 8.88. The van der Waals surface area contributed by atoms with Gasteiger partial charge in [0, 0.05) is 18.1 Å². The number of nitrogens with one attached hydrogen (secondary N) is 1. The molecule has 2 aromatic heterocycles. The summed E-state index contributed by atoms with van der Waals surface area (Å²) in [6.45, 7) is 4.93.